The van der Waals surface area contributed by atoms with Crippen LogP contribution in [-0.2, 0) is 0 Å². The first-order chi connectivity index (χ1) is 9.69. The Bertz CT molecular complexity index is 505. The van der Waals surface area contributed by atoms with Gasteiger partial charge in [-0.05, 0) is 43.2 Å². The number of halogens is 1. The molecule has 1 heterocycles. The lowest BCUT2D eigenvalue weighted by atomic mass is 9.78. The summed E-state index contributed by atoms with van der Waals surface area (Å²) in [4.78, 5) is 14.4. The third-order valence-corrected chi connectivity index (χ3v) is 4.55. The summed E-state index contributed by atoms with van der Waals surface area (Å²) in [6.07, 6.45) is 4.89. The molecule has 3 nitrogen and oxygen atoms in total. The lowest BCUT2D eigenvalue weighted by molar-refractivity contribution is 0.0499. The second kappa shape index (κ2) is 5.43. The predicted octanol–water partition coefficient (Wildman–Crippen LogP) is 3.10. The van der Waals surface area contributed by atoms with Crippen LogP contribution in [0.1, 0.15) is 36.0 Å². The molecule has 1 saturated heterocycles. The molecule has 0 radical (unpaired) electrons. The SMILES string of the molecule is COc1cccc(C(=O)N2C[C@H]3CCC[C@@H](C3)C2)c1F. The fourth-order valence-corrected chi connectivity index (χ4v) is 3.60. The van der Waals surface area contributed by atoms with Crippen molar-refractivity contribution in [3.63, 3.8) is 0 Å². The van der Waals surface area contributed by atoms with Crippen LogP contribution in [0.4, 0.5) is 4.39 Å². The highest BCUT2D eigenvalue weighted by atomic mass is 19.1. The molecule has 2 aliphatic rings. The number of methoxy groups -OCH3 is 1. The van der Waals surface area contributed by atoms with Crippen molar-refractivity contribution in [2.75, 3.05) is 20.2 Å². The van der Waals surface area contributed by atoms with Crippen LogP contribution in [-0.4, -0.2) is 31.0 Å². The maximum Gasteiger partial charge on any atom is 0.256 e. The van der Waals surface area contributed by atoms with E-state index in [1.165, 1.54) is 38.9 Å². The number of likely N-dealkylation sites (tertiary alicyclic amines) is 1. The number of fused-ring (bicyclic) bond motifs is 2. The van der Waals surface area contributed by atoms with E-state index in [1.807, 2.05) is 4.90 Å². The summed E-state index contributed by atoms with van der Waals surface area (Å²) in [5, 5.41) is 0. The molecule has 1 aromatic carbocycles. The van der Waals surface area contributed by atoms with E-state index in [0.717, 1.165) is 13.1 Å². The summed E-state index contributed by atoms with van der Waals surface area (Å²) in [7, 11) is 1.41. The molecule has 4 heteroatoms. The van der Waals surface area contributed by atoms with E-state index in [9.17, 15) is 9.18 Å². The van der Waals surface area contributed by atoms with Crippen LogP contribution >= 0.6 is 0 Å². The summed E-state index contributed by atoms with van der Waals surface area (Å²) in [6, 6.07) is 4.75. The number of benzene rings is 1. The van der Waals surface area contributed by atoms with Crippen LogP contribution in [0.5, 0.6) is 5.75 Å². The van der Waals surface area contributed by atoms with E-state index in [1.54, 1.807) is 12.1 Å². The zero-order valence-electron chi connectivity index (χ0n) is 11.8. The van der Waals surface area contributed by atoms with Gasteiger partial charge in [0.25, 0.3) is 5.91 Å². The van der Waals surface area contributed by atoms with Gasteiger partial charge >= 0.3 is 0 Å². The van der Waals surface area contributed by atoms with Crippen LogP contribution in [0.15, 0.2) is 18.2 Å². The normalized spacial score (nSPS) is 25.4. The van der Waals surface area contributed by atoms with Gasteiger partial charge in [0.1, 0.15) is 0 Å². The molecule has 3 rings (SSSR count). The van der Waals surface area contributed by atoms with Gasteiger partial charge in [-0.1, -0.05) is 12.5 Å². The molecule has 1 amide bonds. The first-order valence-corrected chi connectivity index (χ1v) is 7.31. The quantitative estimate of drug-likeness (QED) is 0.831. The maximum atomic E-state index is 14.2. The Morgan fingerprint density at radius 3 is 2.65 bits per heavy atom. The van der Waals surface area contributed by atoms with Gasteiger partial charge in [0.05, 0.1) is 12.7 Å². The molecule has 2 atom stereocenters. The molecule has 2 bridgehead atoms. The summed E-state index contributed by atoms with van der Waals surface area (Å²) in [5.41, 5.74) is 0.129. The van der Waals surface area contributed by atoms with E-state index >= 15 is 0 Å². The highest BCUT2D eigenvalue weighted by molar-refractivity contribution is 5.95. The average molecular weight is 277 g/mol. The molecule has 1 saturated carbocycles. The molecular weight excluding hydrogens is 257 g/mol. The molecular formula is C16H20FNO2. The lowest BCUT2D eigenvalue weighted by Gasteiger charge is -2.41. The highest BCUT2D eigenvalue weighted by Gasteiger charge is 2.33. The van der Waals surface area contributed by atoms with Crippen molar-refractivity contribution < 1.29 is 13.9 Å². The molecule has 1 aliphatic carbocycles. The highest BCUT2D eigenvalue weighted by Crippen LogP contribution is 2.35. The minimum Gasteiger partial charge on any atom is -0.494 e. The molecule has 108 valence electrons. The van der Waals surface area contributed by atoms with Crippen molar-refractivity contribution >= 4 is 5.91 Å². The Morgan fingerprint density at radius 2 is 2.00 bits per heavy atom. The summed E-state index contributed by atoms with van der Waals surface area (Å²) < 4.78 is 19.1. The predicted molar refractivity (Wildman–Crippen MR) is 74.3 cm³/mol. The minimum absolute atomic E-state index is 0.129. The van der Waals surface area contributed by atoms with Crippen molar-refractivity contribution in [1.29, 1.82) is 0 Å². The molecule has 2 fully saturated rings. The first kappa shape index (κ1) is 13.4. The Hall–Kier alpha value is -1.58. The molecule has 0 aromatic heterocycles. The van der Waals surface area contributed by atoms with Crippen LogP contribution in [0.25, 0.3) is 0 Å². The number of nitrogens with zero attached hydrogens (tertiary/aromatic N) is 1. The first-order valence-electron chi connectivity index (χ1n) is 7.31. The van der Waals surface area contributed by atoms with Gasteiger partial charge in [-0.2, -0.15) is 0 Å². The van der Waals surface area contributed by atoms with Crippen LogP contribution in [0, 0.1) is 17.7 Å². The lowest BCUT2D eigenvalue weighted by Crippen LogP contribution is -2.45. The van der Waals surface area contributed by atoms with Crippen molar-refractivity contribution in [3.05, 3.63) is 29.6 Å². The zero-order valence-corrected chi connectivity index (χ0v) is 11.8. The standard InChI is InChI=1S/C16H20FNO2/c1-20-14-7-3-6-13(15(14)17)16(19)18-9-11-4-2-5-12(8-11)10-18/h3,6-7,11-12H,2,4-5,8-10H2,1H3/t11-,12-/m0/s1. The van der Waals surface area contributed by atoms with E-state index in [0.29, 0.717) is 11.8 Å². The van der Waals surface area contributed by atoms with Gasteiger partial charge in [0.15, 0.2) is 11.6 Å². The van der Waals surface area contributed by atoms with Gasteiger partial charge in [0, 0.05) is 13.1 Å². The van der Waals surface area contributed by atoms with E-state index in [4.69, 9.17) is 4.74 Å². The Morgan fingerprint density at radius 1 is 1.30 bits per heavy atom. The number of ether oxygens (including phenoxy) is 1. The Kier molecular flexibility index (Phi) is 3.64. The Labute approximate surface area is 118 Å². The summed E-state index contributed by atoms with van der Waals surface area (Å²) >= 11 is 0. The van der Waals surface area contributed by atoms with Crippen LogP contribution < -0.4 is 4.74 Å². The Balaban J connectivity index is 1.82. The zero-order chi connectivity index (χ0) is 14.1. The van der Waals surface area contributed by atoms with Crippen molar-refractivity contribution in [2.24, 2.45) is 11.8 Å². The largest absolute Gasteiger partial charge is 0.494 e. The monoisotopic (exact) mass is 277 g/mol. The van der Waals surface area contributed by atoms with E-state index in [2.05, 4.69) is 0 Å². The smallest absolute Gasteiger partial charge is 0.256 e. The molecule has 0 spiro atoms. The van der Waals surface area contributed by atoms with Gasteiger partial charge < -0.3 is 9.64 Å². The van der Waals surface area contributed by atoms with Crippen molar-refractivity contribution in [3.8, 4) is 5.75 Å². The number of amides is 1. The van der Waals surface area contributed by atoms with Crippen molar-refractivity contribution in [2.45, 2.75) is 25.7 Å². The van der Waals surface area contributed by atoms with Gasteiger partial charge in [0.2, 0.25) is 0 Å². The van der Waals surface area contributed by atoms with E-state index < -0.39 is 5.82 Å². The maximum absolute atomic E-state index is 14.2. The average Bonchev–Trinajstić information content (AvgIpc) is 2.46. The topological polar surface area (TPSA) is 29.5 Å². The number of carbonyl (C=O) groups excluding carboxylic acids is 1. The van der Waals surface area contributed by atoms with Crippen LogP contribution in [0.2, 0.25) is 0 Å². The number of carbonyl (C=O) groups is 1. The molecule has 1 aromatic rings. The second-order valence-electron chi connectivity index (χ2n) is 5.93. The summed E-state index contributed by atoms with van der Waals surface area (Å²) in [6.45, 7) is 1.54. The molecule has 1 aliphatic heterocycles. The number of hydrogen-bond acceptors (Lipinski definition) is 2. The number of hydrogen-bond donors (Lipinski definition) is 0. The number of rotatable bonds is 2. The third kappa shape index (κ3) is 2.39. The second-order valence-corrected chi connectivity index (χ2v) is 5.93. The van der Waals surface area contributed by atoms with Gasteiger partial charge in [-0.15, -0.1) is 0 Å². The molecule has 0 unspecified atom stereocenters. The third-order valence-electron chi connectivity index (χ3n) is 4.55. The van der Waals surface area contributed by atoms with Crippen LogP contribution in [0.3, 0.4) is 0 Å². The van der Waals surface area contributed by atoms with Crippen molar-refractivity contribution in [1.82, 2.24) is 4.90 Å². The summed E-state index contributed by atoms with van der Waals surface area (Å²) in [5.74, 6) is 0.585. The van der Waals surface area contributed by atoms with Gasteiger partial charge in [-0.3, -0.25) is 4.79 Å². The molecule has 0 N–H and O–H groups in total. The minimum atomic E-state index is -0.546. The van der Waals surface area contributed by atoms with Gasteiger partial charge in [-0.25, -0.2) is 4.39 Å². The molecule has 20 heavy (non-hydrogen) atoms. The fraction of sp³-hybridized carbons (Fsp3) is 0.562. The van der Waals surface area contributed by atoms with E-state index in [-0.39, 0.29) is 17.2 Å². The number of piperidine rings is 1. The fourth-order valence-electron chi connectivity index (χ4n) is 3.60.